The van der Waals surface area contributed by atoms with Crippen LogP contribution in [0.4, 0.5) is 8.78 Å². The van der Waals surface area contributed by atoms with Crippen LogP contribution >= 0.6 is 0 Å². The molecular weight excluding hydrogens is 280 g/mol. The van der Waals surface area contributed by atoms with Crippen molar-refractivity contribution in [3.8, 4) is 0 Å². The average molecular weight is 293 g/mol. The molecular formula is C11H13F2NO4S. The predicted octanol–water partition coefficient (Wildman–Crippen LogP) is 0.478. The second-order valence-corrected chi connectivity index (χ2v) is 5.97. The van der Waals surface area contributed by atoms with Crippen LogP contribution in [-0.2, 0) is 21.4 Å². The summed E-state index contributed by atoms with van der Waals surface area (Å²) in [6.45, 7) is 0.0361. The van der Waals surface area contributed by atoms with E-state index in [0.717, 1.165) is 16.4 Å². The van der Waals surface area contributed by atoms with Gasteiger partial charge in [0.2, 0.25) is 10.0 Å². The molecule has 2 rings (SSSR count). The van der Waals surface area contributed by atoms with E-state index in [2.05, 4.69) is 0 Å². The lowest BCUT2D eigenvalue weighted by Crippen LogP contribution is -2.41. The number of nitrogens with zero attached hydrogens (tertiary/aromatic N) is 1. The van der Waals surface area contributed by atoms with Crippen molar-refractivity contribution in [1.82, 2.24) is 4.31 Å². The lowest BCUT2D eigenvalue weighted by Gasteiger charge is -2.26. The van der Waals surface area contributed by atoms with Gasteiger partial charge >= 0.3 is 0 Å². The monoisotopic (exact) mass is 293 g/mol. The summed E-state index contributed by atoms with van der Waals surface area (Å²) in [5, 5.41) is 8.94. The molecule has 0 aromatic heterocycles. The Hall–Kier alpha value is -1.09. The Balaban J connectivity index is 2.47. The van der Waals surface area contributed by atoms with Gasteiger partial charge in [0.05, 0.1) is 19.8 Å². The molecule has 0 radical (unpaired) electrons. The molecule has 1 aromatic carbocycles. The van der Waals surface area contributed by atoms with Crippen LogP contribution < -0.4 is 0 Å². The summed E-state index contributed by atoms with van der Waals surface area (Å²) in [6.07, 6.45) is 0. The standard InChI is InChI=1S/C11H13F2NO4S/c12-9-5-8(7-15)6-10(11(9)13)19(16,17)14-1-3-18-4-2-14/h5-6,15H,1-4,7H2. The van der Waals surface area contributed by atoms with Gasteiger partial charge in [-0.3, -0.25) is 0 Å². The van der Waals surface area contributed by atoms with Crippen LogP contribution in [0.1, 0.15) is 5.56 Å². The average Bonchev–Trinajstić information content (AvgIpc) is 2.42. The van der Waals surface area contributed by atoms with Gasteiger partial charge in [0.15, 0.2) is 11.6 Å². The zero-order chi connectivity index (χ0) is 14.0. The molecule has 1 aliphatic heterocycles. The van der Waals surface area contributed by atoms with Crippen molar-refractivity contribution >= 4 is 10.0 Å². The zero-order valence-electron chi connectivity index (χ0n) is 9.97. The highest BCUT2D eigenvalue weighted by Crippen LogP contribution is 2.24. The fourth-order valence-corrected chi connectivity index (χ4v) is 3.35. The molecule has 1 heterocycles. The Morgan fingerprint density at radius 1 is 1.26 bits per heavy atom. The first-order valence-electron chi connectivity index (χ1n) is 5.63. The van der Waals surface area contributed by atoms with Gasteiger partial charge in [-0.2, -0.15) is 4.31 Å². The Bertz CT molecular complexity index is 570. The summed E-state index contributed by atoms with van der Waals surface area (Å²) in [6, 6.07) is 1.72. The Labute approximate surface area is 109 Å². The summed E-state index contributed by atoms with van der Waals surface area (Å²) in [7, 11) is -4.12. The molecule has 0 atom stereocenters. The lowest BCUT2D eigenvalue weighted by atomic mass is 10.2. The molecule has 19 heavy (non-hydrogen) atoms. The number of sulfonamides is 1. The van der Waals surface area contributed by atoms with E-state index in [9.17, 15) is 17.2 Å². The molecule has 0 amide bonds. The minimum Gasteiger partial charge on any atom is -0.392 e. The second-order valence-electron chi connectivity index (χ2n) is 4.06. The van der Waals surface area contributed by atoms with Gasteiger partial charge in [0.25, 0.3) is 0 Å². The molecule has 5 nitrogen and oxygen atoms in total. The molecule has 1 saturated heterocycles. The van der Waals surface area contributed by atoms with Crippen molar-refractivity contribution < 1.29 is 27.0 Å². The molecule has 106 valence electrons. The first-order valence-corrected chi connectivity index (χ1v) is 7.07. The van der Waals surface area contributed by atoms with Crippen LogP contribution in [0.3, 0.4) is 0 Å². The molecule has 1 aromatic rings. The van der Waals surface area contributed by atoms with E-state index >= 15 is 0 Å². The Morgan fingerprint density at radius 3 is 2.47 bits per heavy atom. The number of aliphatic hydroxyl groups excluding tert-OH is 1. The number of ether oxygens (including phenoxy) is 1. The van der Waals surface area contributed by atoms with Gasteiger partial charge in [0.1, 0.15) is 4.90 Å². The quantitative estimate of drug-likeness (QED) is 0.880. The van der Waals surface area contributed by atoms with Gasteiger partial charge in [-0.25, -0.2) is 17.2 Å². The molecule has 1 N–H and O–H groups in total. The van der Waals surface area contributed by atoms with Gasteiger partial charge in [0, 0.05) is 13.1 Å². The summed E-state index contributed by atoms with van der Waals surface area (Å²) < 4.78 is 57.5. The minimum atomic E-state index is -4.12. The second kappa shape index (κ2) is 5.49. The molecule has 0 spiro atoms. The van der Waals surface area contributed by atoms with E-state index in [-0.39, 0.29) is 31.9 Å². The van der Waals surface area contributed by atoms with Crippen molar-refractivity contribution in [3.05, 3.63) is 29.3 Å². The van der Waals surface area contributed by atoms with Crippen LogP contribution in [0.5, 0.6) is 0 Å². The van der Waals surface area contributed by atoms with E-state index in [1.807, 2.05) is 0 Å². The van der Waals surface area contributed by atoms with Crippen LogP contribution in [0.25, 0.3) is 0 Å². The van der Waals surface area contributed by atoms with Crippen molar-refractivity contribution in [2.75, 3.05) is 26.3 Å². The number of morpholine rings is 1. The molecule has 1 fully saturated rings. The zero-order valence-corrected chi connectivity index (χ0v) is 10.8. The van der Waals surface area contributed by atoms with Crippen LogP contribution in [0.2, 0.25) is 0 Å². The van der Waals surface area contributed by atoms with E-state index in [0.29, 0.717) is 0 Å². The van der Waals surface area contributed by atoms with Crippen LogP contribution in [0.15, 0.2) is 17.0 Å². The van der Waals surface area contributed by atoms with Gasteiger partial charge in [-0.05, 0) is 17.7 Å². The van der Waals surface area contributed by atoms with Crippen molar-refractivity contribution in [1.29, 1.82) is 0 Å². The fraction of sp³-hybridized carbons (Fsp3) is 0.455. The van der Waals surface area contributed by atoms with Gasteiger partial charge in [-0.15, -0.1) is 0 Å². The number of hydrogen-bond acceptors (Lipinski definition) is 4. The van der Waals surface area contributed by atoms with Gasteiger partial charge < -0.3 is 9.84 Å². The third kappa shape index (κ3) is 2.76. The summed E-state index contributed by atoms with van der Waals surface area (Å²) in [5.41, 5.74) is 0.00531. The summed E-state index contributed by atoms with van der Waals surface area (Å²) in [5.74, 6) is -2.72. The van der Waals surface area contributed by atoms with E-state index in [4.69, 9.17) is 9.84 Å². The third-order valence-corrected chi connectivity index (χ3v) is 4.72. The minimum absolute atomic E-state index is 0.00531. The Morgan fingerprint density at radius 2 is 1.89 bits per heavy atom. The molecule has 1 aliphatic rings. The molecule has 8 heteroatoms. The van der Waals surface area contributed by atoms with Crippen LogP contribution in [0, 0.1) is 11.6 Å². The Kier molecular flexibility index (Phi) is 4.14. The smallest absolute Gasteiger partial charge is 0.246 e. The molecule has 0 saturated carbocycles. The molecule has 0 bridgehead atoms. The maximum atomic E-state index is 13.7. The van der Waals surface area contributed by atoms with E-state index in [1.54, 1.807) is 0 Å². The highest BCUT2D eigenvalue weighted by molar-refractivity contribution is 7.89. The molecule has 0 unspecified atom stereocenters. The number of aliphatic hydroxyl groups is 1. The van der Waals surface area contributed by atoms with Gasteiger partial charge in [-0.1, -0.05) is 0 Å². The maximum absolute atomic E-state index is 13.7. The topological polar surface area (TPSA) is 66.8 Å². The van der Waals surface area contributed by atoms with Crippen molar-refractivity contribution in [2.45, 2.75) is 11.5 Å². The third-order valence-electron chi connectivity index (χ3n) is 2.83. The van der Waals surface area contributed by atoms with Crippen molar-refractivity contribution in [3.63, 3.8) is 0 Å². The highest BCUT2D eigenvalue weighted by atomic mass is 32.2. The summed E-state index contributed by atoms with van der Waals surface area (Å²) >= 11 is 0. The fourth-order valence-electron chi connectivity index (χ4n) is 1.82. The van der Waals surface area contributed by atoms with Crippen molar-refractivity contribution in [2.24, 2.45) is 0 Å². The summed E-state index contributed by atoms with van der Waals surface area (Å²) in [4.78, 5) is -0.751. The number of halogens is 2. The predicted molar refractivity (Wildman–Crippen MR) is 61.9 cm³/mol. The largest absolute Gasteiger partial charge is 0.392 e. The number of rotatable bonds is 3. The number of benzene rings is 1. The SMILES string of the molecule is O=S(=O)(c1cc(CO)cc(F)c1F)N1CCOCC1. The van der Waals surface area contributed by atoms with E-state index in [1.165, 1.54) is 0 Å². The lowest BCUT2D eigenvalue weighted by molar-refractivity contribution is 0.0729. The van der Waals surface area contributed by atoms with E-state index < -0.39 is 33.2 Å². The first-order chi connectivity index (χ1) is 8.96. The maximum Gasteiger partial charge on any atom is 0.246 e. The molecule has 0 aliphatic carbocycles. The van der Waals surface area contributed by atoms with Crippen LogP contribution in [-0.4, -0.2) is 44.1 Å². The normalized spacial score (nSPS) is 17.6. The first kappa shape index (κ1) is 14.3. The highest BCUT2D eigenvalue weighted by Gasteiger charge is 2.30. The number of hydrogen-bond donors (Lipinski definition) is 1.